The molecule has 3 heterocycles. The number of carbonyl (C=O) groups is 1. The van der Waals surface area contributed by atoms with Gasteiger partial charge in [-0.1, -0.05) is 6.92 Å². The first-order valence-corrected chi connectivity index (χ1v) is 10.6. The summed E-state index contributed by atoms with van der Waals surface area (Å²) in [5.41, 5.74) is 2.29. The monoisotopic (exact) mass is 436 g/mol. The Morgan fingerprint density at radius 1 is 1.09 bits per heavy atom. The average Bonchev–Trinajstić information content (AvgIpc) is 3.21. The Labute approximate surface area is 187 Å². The van der Waals surface area contributed by atoms with Gasteiger partial charge in [0.1, 0.15) is 17.2 Å². The highest BCUT2D eigenvalue weighted by Gasteiger charge is 2.20. The quantitative estimate of drug-likeness (QED) is 0.633. The van der Waals surface area contributed by atoms with E-state index in [0.717, 1.165) is 37.4 Å². The fraction of sp³-hybridized carbons (Fsp3) is 0.391. The molecule has 1 amide bonds. The van der Waals surface area contributed by atoms with Crippen LogP contribution in [-0.2, 0) is 7.05 Å². The average molecular weight is 437 g/mol. The van der Waals surface area contributed by atoms with Gasteiger partial charge < -0.3 is 19.7 Å². The summed E-state index contributed by atoms with van der Waals surface area (Å²) >= 11 is 0. The molecule has 0 unspecified atom stereocenters. The van der Waals surface area contributed by atoms with E-state index in [9.17, 15) is 4.79 Å². The number of ether oxygens (including phenoxy) is 2. The van der Waals surface area contributed by atoms with E-state index in [0.29, 0.717) is 34.5 Å². The smallest absolute Gasteiger partial charge is 0.274 e. The predicted octanol–water partition coefficient (Wildman–Crippen LogP) is 3.38. The maximum atomic E-state index is 12.9. The van der Waals surface area contributed by atoms with Crippen LogP contribution in [-0.4, -0.2) is 53.0 Å². The van der Waals surface area contributed by atoms with Gasteiger partial charge >= 0.3 is 0 Å². The summed E-state index contributed by atoms with van der Waals surface area (Å²) < 4.78 is 12.3. The molecule has 0 radical (unpaired) electrons. The van der Waals surface area contributed by atoms with Crippen molar-refractivity contribution in [2.45, 2.75) is 19.8 Å². The van der Waals surface area contributed by atoms with Crippen molar-refractivity contribution in [2.75, 3.05) is 37.5 Å². The minimum Gasteiger partial charge on any atom is -0.497 e. The molecule has 1 aliphatic rings. The van der Waals surface area contributed by atoms with E-state index < -0.39 is 0 Å². The lowest BCUT2D eigenvalue weighted by atomic mass is 10.00. The number of aryl methyl sites for hydroxylation is 1. The molecule has 0 spiro atoms. The van der Waals surface area contributed by atoms with Crippen LogP contribution in [0.25, 0.3) is 11.3 Å². The van der Waals surface area contributed by atoms with E-state index >= 15 is 0 Å². The number of benzene rings is 1. The van der Waals surface area contributed by atoms with Crippen molar-refractivity contribution in [1.82, 2.24) is 19.7 Å². The second kappa shape index (κ2) is 9.25. The zero-order chi connectivity index (χ0) is 22.7. The number of nitrogens with zero attached hydrogens (tertiary/aromatic N) is 5. The fourth-order valence-corrected chi connectivity index (χ4v) is 3.78. The molecule has 0 atom stereocenters. The van der Waals surface area contributed by atoms with Crippen molar-refractivity contribution in [1.29, 1.82) is 0 Å². The molecule has 1 saturated heterocycles. The van der Waals surface area contributed by atoms with Gasteiger partial charge in [-0.2, -0.15) is 5.10 Å². The van der Waals surface area contributed by atoms with Gasteiger partial charge in [0.2, 0.25) is 5.95 Å². The zero-order valence-electron chi connectivity index (χ0n) is 18.8. The van der Waals surface area contributed by atoms with E-state index in [1.807, 2.05) is 18.2 Å². The van der Waals surface area contributed by atoms with Gasteiger partial charge in [0.05, 0.1) is 38.0 Å². The first-order valence-electron chi connectivity index (χ1n) is 10.6. The van der Waals surface area contributed by atoms with E-state index in [1.165, 1.54) is 4.68 Å². The van der Waals surface area contributed by atoms with Crippen LogP contribution in [0.5, 0.6) is 11.5 Å². The van der Waals surface area contributed by atoms with Crippen LogP contribution in [0.3, 0.4) is 0 Å². The Bertz CT molecular complexity index is 1090. The van der Waals surface area contributed by atoms with Gasteiger partial charge in [-0.05, 0) is 43.0 Å². The van der Waals surface area contributed by atoms with Crippen molar-refractivity contribution < 1.29 is 14.3 Å². The second-order valence-electron chi connectivity index (χ2n) is 8.00. The third-order valence-electron chi connectivity index (χ3n) is 5.76. The number of amides is 1. The number of hydrogen-bond acceptors (Lipinski definition) is 7. The Morgan fingerprint density at radius 3 is 2.47 bits per heavy atom. The Balaban J connectivity index is 1.49. The number of rotatable bonds is 6. The lowest BCUT2D eigenvalue weighted by molar-refractivity contribution is 0.101. The largest absolute Gasteiger partial charge is 0.497 e. The minimum absolute atomic E-state index is 0.295. The van der Waals surface area contributed by atoms with Crippen LogP contribution in [0.4, 0.5) is 11.6 Å². The normalized spacial score (nSPS) is 14.3. The number of piperidine rings is 1. The van der Waals surface area contributed by atoms with Crippen LogP contribution in [0.15, 0.2) is 36.7 Å². The van der Waals surface area contributed by atoms with Gasteiger partial charge in [0.15, 0.2) is 0 Å². The van der Waals surface area contributed by atoms with E-state index in [4.69, 9.17) is 9.47 Å². The Kier molecular flexibility index (Phi) is 6.25. The summed E-state index contributed by atoms with van der Waals surface area (Å²) in [4.78, 5) is 23.9. The third kappa shape index (κ3) is 4.51. The molecule has 168 valence electrons. The number of nitrogens with one attached hydrogen (secondary N) is 1. The number of anilines is 2. The summed E-state index contributed by atoms with van der Waals surface area (Å²) in [6, 6.07) is 7.17. The summed E-state index contributed by atoms with van der Waals surface area (Å²) in [6.07, 6.45) is 5.56. The Hall–Kier alpha value is -3.62. The first kappa shape index (κ1) is 21.6. The SMILES string of the molecule is COc1ccc(OC)c(-c2cc(C(=O)Nc3cnc(N4CCC(C)CC4)nc3)n(C)n2)c1. The highest BCUT2D eigenvalue weighted by atomic mass is 16.5. The van der Waals surface area contributed by atoms with Crippen LogP contribution in [0, 0.1) is 5.92 Å². The molecule has 2 aromatic heterocycles. The third-order valence-corrected chi connectivity index (χ3v) is 5.76. The molecule has 0 bridgehead atoms. The standard InChI is InChI=1S/C23H28N6O3/c1-15-7-9-29(10-8-15)23-24-13-16(14-25-23)26-22(30)20-12-19(27-28(20)2)18-11-17(31-3)5-6-21(18)32-4/h5-6,11-15H,7-10H2,1-4H3,(H,26,30). The molecular formula is C23H28N6O3. The molecule has 1 aromatic carbocycles. The molecule has 1 aliphatic heterocycles. The second-order valence-corrected chi connectivity index (χ2v) is 8.00. The van der Waals surface area contributed by atoms with Crippen molar-refractivity contribution >= 4 is 17.5 Å². The van der Waals surface area contributed by atoms with Crippen LogP contribution in [0.1, 0.15) is 30.3 Å². The molecule has 1 N–H and O–H groups in total. The van der Waals surface area contributed by atoms with Crippen molar-refractivity contribution in [3.8, 4) is 22.8 Å². The lowest BCUT2D eigenvalue weighted by Gasteiger charge is -2.30. The van der Waals surface area contributed by atoms with Gasteiger partial charge in [-0.3, -0.25) is 9.48 Å². The molecule has 1 fully saturated rings. The van der Waals surface area contributed by atoms with Crippen LogP contribution >= 0.6 is 0 Å². The molecule has 0 saturated carbocycles. The molecular weight excluding hydrogens is 408 g/mol. The molecule has 9 nitrogen and oxygen atoms in total. The molecule has 32 heavy (non-hydrogen) atoms. The molecule has 9 heteroatoms. The number of aromatic nitrogens is 4. The number of hydrogen-bond donors (Lipinski definition) is 1. The van der Waals surface area contributed by atoms with Gasteiger partial charge in [0, 0.05) is 25.7 Å². The van der Waals surface area contributed by atoms with Gasteiger partial charge in [-0.25, -0.2) is 9.97 Å². The van der Waals surface area contributed by atoms with Gasteiger partial charge in [-0.15, -0.1) is 0 Å². The molecule has 4 rings (SSSR count). The van der Waals surface area contributed by atoms with Crippen molar-refractivity contribution in [3.63, 3.8) is 0 Å². The van der Waals surface area contributed by atoms with Crippen molar-refractivity contribution in [3.05, 3.63) is 42.4 Å². The molecule has 3 aromatic rings. The maximum absolute atomic E-state index is 12.9. The van der Waals surface area contributed by atoms with Crippen molar-refractivity contribution in [2.24, 2.45) is 13.0 Å². The van der Waals surface area contributed by atoms with Crippen LogP contribution in [0.2, 0.25) is 0 Å². The number of methoxy groups -OCH3 is 2. The summed E-state index contributed by atoms with van der Waals surface area (Å²) in [6.45, 7) is 4.18. The van der Waals surface area contributed by atoms with Gasteiger partial charge in [0.25, 0.3) is 5.91 Å². The van der Waals surface area contributed by atoms with E-state index in [2.05, 4.69) is 32.2 Å². The predicted molar refractivity (Wildman–Crippen MR) is 122 cm³/mol. The lowest BCUT2D eigenvalue weighted by Crippen LogP contribution is -2.34. The zero-order valence-corrected chi connectivity index (χ0v) is 18.8. The highest BCUT2D eigenvalue weighted by Crippen LogP contribution is 2.33. The fourth-order valence-electron chi connectivity index (χ4n) is 3.78. The highest BCUT2D eigenvalue weighted by molar-refractivity contribution is 6.03. The summed E-state index contributed by atoms with van der Waals surface area (Å²) in [5.74, 6) is 2.47. The maximum Gasteiger partial charge on any atom is 0.274 e. The Morgan fingerprint density at radius 2 is 1.81 bits per heavy atom. The summed E-state index contributed by atoms with van der Waals surface area (Å²) in [7, 11) is 4.92. The first-order chi connectivity index (χ1) is 15.5. The van der Waals surface area contributed by atoms with E-state index in [-0.39, 0.29) is 5.91 Å². The van der Waals surface area contributed by atoms with E-state index in [1.54, 1.807) is 39.7 Å². The molecule has 0 aliphatic carbocycles. The number of carbonyl (C=O) groups excluding carboxylic acids is 1. The van der Waals surface area contributed by atoms with Crippen LogP contribution < -0.4 is 19.7 Å². The topological polar surface area (TPSA) is 94.4 Å². The minimum atomic E-state index is -0.295. The summed E-state index contributed by atoms with van der Waals surface area (Å²) in [5, 5.41) is 7.34.